The molecular weight excluding hydrogens is 316 g/mol. The van der Waals surface area contributed by atoms with Gasteiger partial charge in [-0.2, -0.15) is 0 Å². The van der Waals surface area contributed by atoms with Crippen molar-refractivity contribution in [1.29, 1.82) is 0 Å². The maximum atomic E-state index is 11.3. The van der Waals surface area contributed by atoms with E-state index in [4.69, 9.17) is 0 Å². The minimum atomic E-state index is -1.03. The van der Waals surface area contributed by atoms with E-state index in [0.717, 1.165) is 27.9 Å². The highest BCUT2D eigenvalue weighted by molar-refractivity contribution is 5.94. The molecule has 0 spiro atoms. The third-order valence-electron chi connectivity index (χ3n) is 3.99. The van der Waals surface area contributed by atoms with Gasteiger partial charge in [0.15, 0.2) is 0 Å². The number of nitrogens with one attached hydrogen (secondary N) is 1. The van der Waals surface area contributed by atoms with Crippen molar-refractivity contribution in [2.45, 2.75) is 13.8 Å². The second-order valence-electron chi connectivity index (χ2n) is 5.87. The van der Waals surface area contributed by atoms with Gasteiger partial charge in [0.2, 0.25) is 0 Å². The van der Waals surface area contributed by atoms with Crippen LogP contribution in [0.3, 0.4) is 0 Å². The molecule has 25 heavy (non-hydrogen) atoms. The molecule has 0 atom stereocenters. The molecule has 0 unspecified atom stereocenters. The number of aromatic hydroxyl groups is 1. The number of aryl methyl sites for hydroxylation is 2. The Hall–Kier alpha value is -3.34. The molecule has 0 aliphatic heterocycles. The Morgan fingerprint density at radius 3 is 2.36 bits per heavy atom. The van der Waals surface area contributed by atoms with Crippen LogP contribution in [0.2, 0.25) is 0 Å². The molecule has 1 heterocycles. The number of nitrogens with zero attached hydrogens (tertiary/aromatic N) is 1. The van der Waals surface area contributed by atoms with E-state index in [9.17, 15) is 15.0 Å². The molecule has 0 aliphatic rings. The Labute approximate surface area is 145 Å². The number of phenols is 1. The molecule has 0 amide bonds. The molecule has 0 aliphatic carbocycles. The fourth-order valence-corrected chi connectivity index (χ4v) is 2.81. The van der Waals surface area contributed by atoms with Crippen LogP contribution >= 0.6 is 0 Å². The van der Waals surface area contributed by atoms with Crippen LogP contribution in [0.25, 0.3) is 11.1 Å². The molecule has 2 aromatic carbocycles. The zero-order valence-electron chi connectivity index (χ0n) is 13.9. The molecule has 0 saturated carbocycles. The number of carbonyl (C=O) groups is 1. The van der Waals surface area contributed by atoms with Gasteiger partial charge in [-0.3, -0.25) is 0 Å². The summed E-state index contributed by atoms with van der Waals surface area (Å²) in [5.41, 5.74) is 4.77. The Morgan fingerprint density at radius 2 is 1.72 bits per heavy atom. The summed E-state index contributed by atoms with van der Waals surface area (Å²) in [5.74, 6) is -0.497. The Balaban J connectivity index is 2.01. The summed E-state index contributed by atoms with van der Waals surface area (Å²) in [4.78, 5) is 15.5. The van der Waals surface area contributed by atoms with E-state index >= 15 is 0 Å². The van der Waals surface area contributed by atoms with Gasteiger partial charge in [0, 0.05) is 11.9 Å². The molecule has 3 aromatic rings. The van der Waals surface area contributed by atoms with Crippen molar-refractivity contribution < 1.29 is 15.0 Å². The van der Waals surface area contributed by atoms with Crippen molar-refractivity contribution in [2.24, 2.45) is 0 Å². The first-order valence-electron chi connectivity index (χ1n) is 7.81. The summed E-state index contributed by atoms with van der Waals surface area (Å²) in [5, 5.41) is 22.1. The molecule has 5 nitrogen and oxygen atoms in total. The lowest BCUT2D eigenvalue weighted by Crippen LogP contribution is -2.06. The average Bonchev–Trinajstić information content (AvgIpc) is 2.58. The smallest absolute Gasteiger partial charge is 0.339 e. The van der Waals surface area contributed by atoms with Crippen molar-refractivity contribution >= 4 is 17.5 Å². The summed E-state index contributed by atoms with van der Waals surface area (Å²) < 4.78 is 0. The molecule has 0 bridgehead atoms. The number of carboxylic acid groups (broad SMARTS) is 1. The van der Waals surface area contributed by atoms with E-state index < -0.39 is 5.97 Å². The standard InChI is InChI=1S/C20H18N2O3/c1-12-9-15(14-5-3-6-16(23)11-14)10-13(2)18(12)22-19-17(20(24)25)7-4-8-21-19/h3-11,23H,1-2H3,(H,21,22)(H,24,25). The van der Waals surface area contributed by atoms with Crippen LogP contribution in [0.1, 0.15) is 21.5 Å². The van der Waals surface area contributed by atoms with E-state index in [0.29, 0.717) is 5.82 Å². The molecule has 126 valence electrons. The third kappa shape index (κ3) is 3.45. The molecular formula is C20H18N2O3. The van der Waals surface area contributed by atoms with Gasteiger partial charge in [0.25, 0.3) is 0 Å². The predicted molar refractivity (Wildman–Crippen MR) is 97.5 cm³/mol. The number of benzene rings is 2. The fraction of sp³-hybridized carbons (Fsp3) is 0.100. The lowest BCUT2D eigenvalue weighted by molar-refractivity contribution is 0.0697. The maximum Gasteiger partial charge on any atom is 0.339 e. The maximum absolute atomic E-state index is 11.3. The second kappa shape index (κ2) is 6.65. The summed E-state index contributed by atoms with van der Waals surface area (Å²) in [6.07, 6.45) is 1.56. The number of anilines is 2. The van der Waals surface area contributed by atoms with Gasteiger partial charge in [-0.1, -0.05) is 12.1 Å². The van der Waals surface area contributed by atoms with Crippen LogP contribution in [0, 0.1) is 13.8 Å². The van der Waals surface area contributed by atoms with Crippen LogP contribution in [0.4, 0.5) is 11.5 Å². The number of rotatable bonds is 4. The first-order chi connectivity index (χ1) is 12.0. The van der Waals surface area contributed by atoms with Crippen LogP contribution in [0.15, 0.2) is 54.7 Å². The number of carboxylic acids is 1. The molecule has 1 aromatic heterocycles. The Bertz CT molecular complexity index is 928. The summed E-state index contributed by atoms with van der Waals surface area (Å²) in [6.45, 7) is 3.90. The van der Waals surface area contributed by atoms with Gasteiger partial charge >= 0.3 is 5.97 Å². The first kappa shape index (κ1) is 16.5. The Kier molecular flexibility index (Phi) is 4.39. The number of hydrogen-bond donors (Lipinski definition) is 3. The van der Waals surface area contributed by atoms with E-state index in [1.165, 1.54) is 6.07 Å². The fourth-order valence-electron chi connectivity index (χ4n) is 2.81. The topological polar surface area (TPSA) is 82.5 Å². The highest BCUT2D eigenvalue weighted by Crippen LogP contribution is 2.32. The lowest BCUT2D eigenvalue weighted by atomic mass is 9.98. The number of pyridine rings is 1. The minimum Gasteiger partial charge on any atom is -0.508 e. The second-order valence-corrected chi connectivity index (χ2v) is 5.87. The van der Waals surface area contributed by atoms with Crippen LogP contribution in [-0.4, -0.2) is 21.2 Å². The highest BCUT2D eigenvalue weighted by atomic mass is 16.4. The van der Waals surface area contributed by atoms with Crippen molar-refractivity contribution in [3.8, 4) is 16.9 Å². The number of hydrogen-bond acceptors (Lipinski definition) is 4. The highest BCUT2D eigenvalue weighted by Gasteiger charge is 2.13. The van der Waals surface area contributed by atoms with Crippen molar-refractivity contribution in [3.05, 3.63) is 71.4 Å². The van der Waals surface area contributed by atoms with Gasteiger partial charge in [-0.25, -0.2) is 9.78 Å². The van der Waals surface area contributed by atoms with Crippen LogP contribution in [0.5, 0.6) is 5.75 Å². The SMILES string of the molecule is Cc1cc(-c2cccc(O)c2)cc(C)c1Nc1ncccc1C(=O)O. The normalized spacial score (nSPS) is 10.5. The monoisotopic (exact) mass is 334 g/mol. The van der Waals surface area contributed by atoms with Gasteiger partial charge in [0.1, 0.15) is 17.1 Å². The van der Waals surface area contributed by atoms with E-state index in [2.05, 4.69) is 10.3 Å². The molecule has 5 heteroatoms. The third-order valence-corrected chi connectivity index (χ3v) is 3.99. The zero-order chi connectivity index (χ0) is 18.0. The summed E-state index contributed by atoms with van der Waals surface area (Å²) in [7, 11) is 0. The van der Waals surface area contributed by atoms with E-state index in [1.54, 1.807) is 30.5 Å². The van der Waals surface area contributed by atoms with Crippen LogP contribution in [-0.2, 0) is 0 Å². The Morgan fingerprint density at radius 1 is 1.00 bits per heavy atom. The lowest BCUT2D eigenvalue weighted by Gasteiger charge is -2.15. The average molecular weight is 334 g/mol. The summed E-state index contributed by atoms with van der Waals surface area (Å²) >= 11 is 0. The molecule has 3 rings (SSSR count). The first-order valence-corrected chi connectivity index (χ1v) is 7.81. The molecule has 0 radical (unpaired) electrons. The van der Waals surface area contributed by atoms with E-state index in [-0.39, 0.29) is 11.3 Å². The van der Waals surface area contributed by atoms with Crippen molar-refractivity contribution in [2.75, 3.05) is 5.32 Å². The largest absolute Gasteiger partial charge is 0.508 e. The van der Waals surface area contributed by atoms with E-state index in [1.807, 2.05) is 32.0 Å². The number of phenolic OH excluding ortho intramolecular Hbond substituents is 1. The molecule has 3 N–H and O–H groups in total. The number of aromatic carboxylic acids is 1. The predicted octanol–water partition coefficient (Wildman–Crippen LogP) is 4.51. The van der Waals surface area contributed by atoms with Gasteiger partial charge < -0.3 is 15.5 Å². The quantitative estimate of drug-likeness (QED) is 0.654. The van der Waals surface area contributed by atoms with Crippen molar-refractivity contribution in [1.82, 2.24) is 4.98 Å². The number of aromatic nitrogens is 1. The zero-order valence-corrected chi connectivity index (χ0v) is 13.9. The van der Waals surface area contributed by atoms with Gasteiger partial charge in [-0.05, 0) is 72.5 Å². The van der Waals surface area contributed by atoms with Crippen LogP contribution < -0.4 is 5.32 Å². The summed E-state index contributed by atoms with van der Waals surface area (Å²) in [6, 6.07) is 14.2. The van der Waals surface area contributed by atoms with Gasteiger partial charge in [-0.15, -0.1) is 0 Å². The molecule has 0 saturated heterocycles. The van der Waals surface area contributed by atoms with Gasteiger partial charge in [0.05, 0.1) is 0 Å². The van der Waals surface area contributed by atoms with Crippen molar-refractivity contribution in [3.63, 3.8) is 0 Å². The molecule has 0 fully saturated rings. The minimum absolute atomic E-state index is 0.123.